The van der Waals surface area contributed by atoms with Crippen LogP contribution in [0.5, 0.6) is 0 Å². The summed E-state index contributed by atoms with van der Waals surface area (Å²) in [5, 5.41) is 0. The Labute approximate surface area is 76.9 Å². The predicted molar refractivity (Wildman–Crippen MR) is 51.2 cm³/mol. The standard InChI is InChI=1S/C7H11NOS.ClH/c8-3-5-10-6-7-2-1-4-9-7;/h1-2,4H,3,5-6,8H2;1H. The van der Waals surface area contributed by atoms with Gasteiger partial charge in [0.1, 0.15) is 5.76 Å². The Morgan fingerprint density at radius 3 is 2.91 bits per heavy atom. The Kier molecular flexibility index (Phi) is 6.51. The van der Waals surface area contributed by atoms with E-state index in [1.165, 1.54) is 0 Å². The maximum atomic E-state index is 5.32. The Bertz CT molecular complexity index is 167. The van der Waals surface area contributed by atoms with E-state index in [4.69, 9.17) is 10.2 Å². The molecule has 0 radical (unpaired) electrons. The lowest BCUT2D eigenvalue weighted by Crippen LogP contribution is -2.01. The van der Waals surface area contributed by atoms with Crippen LogP contribution in [0.3, 0.4) is 0 Å². The molecule has 4 heteroatoms. The van der Waals surface area contributed by atoms with Crippen LogP contribution in [0.25, 0.3) is 0 Å². The van der Waals surface area contributed by atoms with Crippen LogP contribution in [0.15, 0.2) is 22.8 Å². The minimum Gasteiger partial charge on any atom is -0.468 e. The zero-order chi connectivity index (χ0) is 7.23. The zero-order valence-electron chi connectivity index (χ0n) is 6.16. The lowest BCUT2D eigenvalue weighted by Gasteiger charge is -1.93. The van der Waals surface area contributed by atoms with Gasteiger partial charge in [-0.15, -0.1) is 12.4 Å². The van der Waals surface area contributed by atoms with Gasteiger partial charge >= 0.3 is 0 Å². The predicted octanol–water partition coefficient (Wildman–Crippen LogP) is 1.89. The van der Waals surface area contributed by atoms with Crippen molar-refractivity contribution in [1.82, 2.24) is 0 Å². The van der Waals surface area contributed by atoms with Gasteiger partial charge in [0.05, 0.1) is 12.0 Å². The van der Waals surface area contributed by atoms with Crippen LogP contribution in [0.4, 0.5) is 0 Å². The second-order valence-electron chi connectivity index (χ2n) is 1.92. The van der Waals surface area contributed by atoms with Gasteiger partial charge in [-0.2, -0.15) is 11.8 Å². The van der Waals surface area contributed by atoms with Crippen LogP contribution in [0.2, 0.25) is 0 Å². The third kappa shape index (κ3) is 4.35. The van der Waals surface area contributed by atoms with Crippen molar-refractivity contribution in [3.8, 4) is 0 Å². The average molecular weight is 194 g/mol. The van der Waals surface area contributed by atoms with Gasteiger partial charge in [-0.05, 0) is 12.1 Å². The quantitative estimate of drug-likeness (QED) is 0.743. The van der Waals surface area contributed by atoms with E-state index in [1.807, 2.05) is 12.1 Å². The average Bonchev–Trinajstić information content (AvgIpc) is 2.41. The number of hydrogen-bond acceptors (Lipinski definition) is 3. The summed E-state index contributed by atoms with van der Waals surface area (Å²) in [5.41, 5.74) is 5.32. The molecule has 1 aromatic heterocycles. The molecule has 0 atom stereocenters. The van der Waals surface area contributed by atoms with Crippen molar-refractivity contribution < 1.29 is 4.42 Å². The summed E-state index contributed by atoms with van der Waals surface area (Å²) in [6.45, 7) is 0.741. The molecule has 0 spiro atoms. The maximum absolute atomic E-state index is 5.32. The molecule has 0 bridgehead atoms. The van der Waals surface area contributed by atoms with Gasteiger partial charge in [0.15, 0.2) is 0 Å². The van der Waals surface area contributed by atoms with Crippen molar-refractivity contribution in [1.29, 1.82) is 0 Å². The Hall–Kier alpha value is -0.120. The Balaban J connectivity index is 0.000001000. The number of hydrogen-bond donors (Lipinski definition) is 1. The molecule has 1 aromatic rings. The second-order valence-corrected chi connectivity index (χ2v) is 3.03. The van der Waals surface area contributed by atoms with Gasteiger partial charge < -0.3 is 10.2 Å². The second kappa shape index (κ2) is 6.58. The molecule has 2 N–H and O–H groups in total. The fraction of sp³-hybridized carbons (Fsp3) is 0.429. The Morgan fingerprint density at radius 1 is 1.55 bits per heavy atom. The summed E-state index contributed by atoms with van der Waals surface area (Å²) in [6.07, 6.45) is 1.69. The summed E-state index contributed by atoms with van der Waals surface area (Å²) in [4.78, 5) is 0. The summed E-state index contributed by atoms with van der Waals surface area (Å²) < 4.78 is 5.12. The van der Waals surface area contributed by atoms with Crippen molar-refractivity contribution in [3.63, 3.8) is 0 Å². The fourth-order valence-electron chi connectivity index (χ4n) is 0.651. The normalized spacial score (nSPS) is 9.18. The number of halogens is 1. The van der Waals surface area contributed by atoms with E-state index in [0.717, 1.165) is 23.8 Å². The first-order valence-electron chi connectivity index (χ1n) is 3.23. The van der Waals surface area contributed by atoms with Gasteiger partial charge in [0.2, 0.25) is 0 Å². The minimum atomic E-state index is 0. The lowest BCUT2D eigenvalue weighted by atomic mass is 10.5. The molecule has 0 unspecified atom stereocenters. The van der Waals surface area contributed by atoms with E-state index in [0.29, 0.717) is 0 Å². The molecule has 0 aliphatic heterocycles. The molecule has 1 rings (SSSR count). The van der Waals surface area contributed by atoms with Gasteiger partial charge in [-0.3, -0.25) is 0 Å². The van der Waals surface area contributed by atoms with Crippen LogP contribution in [0.1, 0.15) is 5.76 Å². The molecule has 64 valence electrons. The van der Waals surface area contributed by atoms with Crippen molar-refractivity contribution >= 4 is 24.2 Å². The first-order valence-corrected chi connectivity index (χ1v) is 4.39. The van der Waals surface area contributed by atoms with Gasteiger partial charge in [-0.1, -0.05) is 0 Å². The van der Waals surface area contributed by atoms with E-state index in [1.54, 1.807) is 18.0 Å². The molecule has 0 aliphatic rings. The van der Waals surface area contributed by atoms with E-state index in [2.05, 4.69) is 0 Å². The van der Waals surface area contributed by atoms with Gasteiger partial charge in [0, 0.05) is 12.3 Å². The molecule has 0 aromatic carbocycles. The van der Waals surface area contributed by atoms with Crippen LogP contribution in [-0.2, 0) is 5.75 Å². The third-order valence-electron chi connectivity index (χ3n) is 1.09. The van der Waals surface area contributed by atoms with E-state index < -0.39 is 0 Å². The molecule has 0 saturated heterocycles. The van der Waals surface area contributed by atoms with Crippen molar-refractivity contribution in [3.05, 3.63) is 24.2 Å². The van der Waals surface area contributed by atoms with Crippen molar-refractivity contribution in [2.45, 2.75) is 5.75 Å². The number of rotatable bonds is 4. The largest absolute Gasteiger partial charge is 0.468 e. The lowest BCUT2D eigenvalue weighted by molar-refractivity contribution is 0.530. The Morgan fingerprint density at radius 2 is 2.36 bits per heavy atom. The molecule has 2 nitrogen and oxygen atoms in total. The topological polar surface area (TPSA) is 39.2 Å². The van der Waals surface area contributed by atoms with Crippen LogP contribution < -0.4 is 5.73 Å². The molecule has 1 heterocycles. The third-order valence-corrected chi connectivity index (χ3v) is 2.10. The highest BCUT2D eigenvalue weighted by Crippen LogP contribution is 2.10. The zero-order valence-corrected chi connectivity index (χ0v) is 7.79. The van der Waals surface area contributed by atoms with E-state index in [-0.39, 0.29) is 12.4 Å². The highest BCUT2D eigenvalue weighted by Gasteiger charge is 1.93. The van der Waals surface area contributed by atoms with Crippen LogP contribution in [-0.4, -0.2) is 12.3 Å². The van der Waals surface area contributed by atoms with Crippen LogP contribution in [0, 0.1) is 0 Å². The monoisotopic (exact) mass is 193 g/mol. The van der Waals surface area contributed by atoms with Gasteiger partial charge in [-0.25, -0.2) is 0 Å². The van der Waals surface area contributed by atoms with Crippen molar-refractivity contribution in [2.75, 3.05) is 12.3 Å². The van der Waals surface area contributed by atoms with Gasteiger partial charge in [0.25, 0.3) is 0 Å². The molecule has 11 heavy (non-hydrogen) atoms. The minimum absolute atomic E-state index is 0. The summed E-state index contributed by atoms with van der Waals surface area (Å²) in [5.74, 6) is 2.96. The highest BCUT2D eigenvalue weighted by atomic mass is 35.5. The molecule has 0 fully saturated rings. The first-order chi connectivity index (χ1) is 4.93. The smallest absolute Gasteiger partial charge is 0.113 e. The molecule has 0 amide bonds. The van der Waals surface area contributed by atoms with E-state index >= 15 is 0 Å². The molecular formula is C7H12ClNOS. The van der Waals surface area contributed by atoms with Crippen LogP contribution >= 0.6 is 24.2 Å². The van der Waals surface area contributed by atoms with E-state index in [9.17, 15) is 0 Å². The first kappa shape index (κ1) is 10.9. The summed E-state index contributed by atoms with van der Waals surface area (Å²) >= 11 is 1.79. The molecular weight excluding hydrogens is 182 g/mol. The number of nitrogens with two attached hydrogens (primary N) is 1. The SMILES string of the molecule is Cl.NCCSCc1ccco1. The molecule has 0 saturated carbocycles. The van der Waals surface area contributed by atoms with Crippen molar-refractivity contribution in [2.24, 2.45) is 5.73 Å². The number of thioether (sulfide) groups is 1. The highest BCUT2D eigenvalue weighted by molar-refractivity contribution is 7.98. The maximum Gasteiger partial charge on any atom is 0.113 e. The molecule has 0 aliphatic carbocycles. The summed E-state index contributed by atoms with van der Waals surface area (Å²) in [7, 11) is 0. The number of furan rings is 1. The fourth-order valence-corrected chi connectivity index (χ4v) is 1.33. The summed E-state index contributed by atoms with van der Waals surface area (Å²) in [6, 6.07) is 3.88.